The summed E-state index contributed by atoms with van der Waals surface area (Å²) in [6.45, 7) is 0. The second-order valence-corrected chi connectivity index (χ2v) is 7.53. The van der Waals surface area contributed by atoms with Gasteiger partial charge in [-0.1, -0.05) is 41.9 Å². The Morgan fingerprint density at radius 3 is 2.50 bits per heavy atom. The summed E-state index contributed by atoms with van der Waals surface area (Å²) >= 11 is 5.95. The molecule has 1 aromatic heterocycles. The molecule has 1 fully saturated rings. The molecule has 1 aliphatic carbocycles. The minimum Gasteiger partial charge on any atom is -0.350 e. The minimum absolute atomic E-state index is 0.105. The highest BCUT2D eigenvalue weighted by atomic mass is 35.5. The van der Waals surface area contributed by atoms with E-state index in [-0.39, 0.29) is 11.9 Å². The zero-order valence-corrected chi connectivity index (χ0v) is 16.2. The van der Waals surface area contributed by atoms with E-state index < -0.39 is 6.03 Å². The quantitative estimate of drug-likeness (QED) is 0.584. The molecule has 0 saturated heterocycles. The molecule has 0 radical (unpaired) electrons. The molecular weight excluding hydrogens is 376 g/mol. The fourth-order valence-electron chi connectivity index (χ4n) is 3.45. The van der Waals surface area contributed by atoms with Gasteiger partial charge in [-0.15, -0.1) is 0 Å². The number of benzene rings is 2. The molecule has 3 aromatic rings. The lowest BCUT2D eigenvalue weighted by Crippen LogP contribution is -2.48. The Morgan fingerprint density at radius 2 is 1.79 bits per heavy atom. The van der Waals surface area contributed by atoms with Crippen LogP contribution in [0.25, 0.3) is 10.9 Å². The second-order valence-electron chi connectivity index (χ2n) is 7.09. The van der Waals surface area contributed by atoms with Crippen LogP contribution in [-0.2, 0) is 7.05 Å². The molecule has 0 bridgehead atoms. The summed E-state index contributed by atoms with van der Waals surface area (Å²) < 4.78 is 1.88. The van der Waals surface area contributed by atoms with Gasteiger partial charge >= 0.3 is 6.03 Å². The molecule has 1 atom stereocenters. The van der Waals surface area contributed by atoms with Crippen molar-refractivity contribution >= 4 is 34.4 Å². The van der Waals surface area contributed by atoms with E-state index in [0.717, 1.165) is 29.3 Å². The van der Waals surface area contributed by atoms with Gasteiger partial charge in [0.15, 0.2) is 0 Å². The first kappa shape index (κ1) is 18.4. The van der Waals surface area contributed by atoms with Crippen molar-refractivity contribution in [3.8, 4) is 0 Å². The zero-order chi connectivity index (χ0) is 19.7. The highest BCUT2D eigenvalue weighted by Crippen LogP contribution is 2.41. The largest absolute Gasteiger partial charge is 0.350 e. The highest BCUT2D eigenvalue weighted by molar-refractivity contribution is 6.30. The first-order valence-corrected chi connectivity index (χ1v) is 9.57. The Hall–Kier alpha value is -2.99. The summed E-state index contributed by atoms with van der Waals surface area (Å²) in [7, 11) is 1.88. The van der Waals surface area contributed by atoms with Gasteiger partial charge < -0.3 is 9.88 Å². The predicted molar refractivity (Wildman–Crippen MR) is 109 cm³/mol. The number of carbonyl (C=O) groups is 2. The fourth-order valence-corrected chi connectivity index (χ4v) is 3.58. The lowest BCUT2D eigenvalue weighted by atomic mass is 10.0. The molecule has 1 aliphatic rings. The number of hydrogen-bond donors (Lipinski definition) is 3. The van der Waals surface area contributed by atoms with E-state index in [2.05, 4.69) is 16.2 Å². The first-order chi connectivity index (χ1) is 13.5. The number of fused-ring (bicyclic) bond motifs is 1. The number of aryl methyl sites for hydroxylation is 1. The lowest BCUT2D eigenvalue weighted by molar-refractivity contribution is 0.0937. The summed E-state index contributed by atoms with van der Waals surface area (Å²) in [6, 6.07) is 14.5. The third-order valence-corrected chi connectivity index (χ3v) is 5.29. The van der Waals surface area contributed by atoms with Crippen molar-refractivity contribution in [1.82, 2.24) is 20.7 Å². The number of amides is 3. The molecule has 1 saturated carbocycles. The number of nitrogens with zero attached hydrogens (tertiary/aromatic N) is 1. The van der Waals surface area contributed by atoms with Gasteiger partial charge in [0.1, 0.15) is 0 Å². The monoisotopic (exact) mass is 396 g/mol. The number of hydrogen-bond acceptors (Lipinski definition) is 2. The van der Waals surface area contributed by atoms with E-state index in [1.54, 1.807) is 6.20 Å². The van der Waals surface area contributed by atoms with Crippen molar-refractivity contribution in [2.24, 2.45) is 13.0 Å². The third-order valence-electron chi connectivity index (χ3n) is 5.04. The molecule has 0 spiro atoms. The summed E-state index contributed by atoms with van der Waals surface area (Å²) in [6.07, 6.45) is 3.88. The van der Waals surface area contributed by atoms with Crippen molar-refractivity contribution in [3.05, 3.63) is 70.9 Å². The molecule has 28 heavy (non-hydrogen) atoms. The van der Waals surface area contributed by atoms with E-state index in [9.17, 15) is 9.59 Å². The Balaban J connectivity index is 1.40. The molecule has 2 aromatic carbocycles. The third kappa shape index (κ3) is 3.82. The van der Waals surface area contributed by atoms with Gasteiger partial charge in [0.2, 0.25) is 0 Å². The summed E-state index contributed by atoms with van der Waals surface area (Å²) in [5.41, 5.74) is 7.42. The van der Waals surface area contributed by atoms with Crippen LogP contribution in [0, 0.1) is 5.92 Å². The molecule has 0 aliphatic heterocycles. The van der Waals surface area contributed by atoms with Crippen molar-refractivity contribution in [1.29, 1.82) is 0 Å². The van der Waals surface area contributed by atoms with Crippen molar-refractivity contribution in [2.75, 3.05) is 0 Å². The van der Waals surface area contributed by atoms with Gasteiger partial charge in [-0.3, -0.25) is 10.2 Å². The standard InChI is InChI=1S/C21H21ClN4O2/c1-26-12-17(16-4-2-3-5-18(16)26)20(27)24-25-21(28)23-19(13-6-7-13)14-8-10-15(22)11-9-14/h2-5,8-13,19H,6-7H2,1H3,(H,24,27)(H2,23,25,28). The number of aromatic nitrogens is 1. The first-order valence-electron chi connectivity index (χ1n) is 9.19. The van der Waals surface area contributed by atoms with Crippen LogP contribution >= 0.6 is 11.6 Å². The number of urea groups is 1. The Labute approximate surface area is 167 Å². The molecule has 1 unspecified atom stereocenters. The number of hydrazine groups is 1. The van der Waals surface area contributed by atoms with Crippen LogP contribution in [0.1, 0.15) is 34.8 Å². The minimum atomic E-state index is -0.444. The maximum Gasteiger partial charge on any atom is 0.333 e. The number of rotatable bonds is 4. The van der Waals surface area contributed by atoms with Crippen LogP contribution in [0.5, 0.6) is 0 Å². The SMILES string of the molecule is Cn1cc(C(=O)NNC(=O)NC(c2ccc(Cl)cc2)C2CC2)c2ccccc21. The topological polar surface area (TPSA) is 75.2 Å². The number of halogens is 1. The smallest absolute Gasteiger partial charge is 0.333 e. The molecule has 7 heteroatoms. The molecule has 3 amide bonds. The number of para-hydroxylation sites is 1. The molecule has 3 N–H and O–H groups in total. The average molecular weight is 397 g/mol. The summed E-state index contributed by atoms with van der Waals surface area (Å²) in [5.74, 6) is 0.0436. The van der Waals surface area contributed by atoms with E-state index in [1.165, 1.54) is 0 Å². The van der Waals surface area contributed by atoms with Crippen LogP contribution in [0.2, 0.25) is 5.02 Å². The fraction of sp³-hybridized carbons (Fsp3) is 0.238. The van der Waals surface area contributed by atoms with Crippen molar-refractivity contribution in [2.45, 2.75) is 18.9 Å². The summed E-state index contributed by atoms with van der Waals surface area (Å²) in [5, 5.41) is 4.44. The van der Waals surface area contributed by atoms with E-state index in [4.69, 9.17) is 11.6 Å². The zero-order valence-electron chi connectivity index (χ0n) is 15.4. The van der Waals surface area contributed by atoms with Crippen molar-refractivity contribution < 1.29 is 9.59 Å². The van der Waals surface area contributed by atoms with Gasteiger partial charge in [0, 0.05) is 29.2 Å². The number of carbonyl (C=O) groups excluding carboxylic acids is 2. The molecule has 144 valence electrons. The second kappa shape index (κ2) is 7.56. The number of nitrogens with one attached hydrogen (secondary N) is 3. The van der Waals surface area contributed by atoms with E-state index in [0.29, 0.717) is 16.5 Å². The van der Waals surface area contributed by atoms with E-state index >= 15 is 0 Å². The van der Waals surface area contributed by atoms with Gasteiger partial charge in [0.25, 0.3) is 5.91 Å². The predicted octanol–water partition coefficient (Wildman–Crippen LogP) is 3.93. The molecular formula is C21H21ClN4O2. The lowest BCUT2D eigenvalue weighted by Gasteiger charge is -2.19. The Bertz CT molecular complexity index is 1020. The van der Waals surface area contributed by atoms with Gasteiger partial charge in [-0.05, 0) is 42.5 Å². The van der Waals surface area contributed by atoms with E-state index in [1.807, 2.05) is 60.1 Å². The molecule has 4 rings (SSSR count). The molecule has 6 nitrogen and oxygen atoms in total. The summed E-state index contributed by atoms with van der Waals surface area (Å²) in [4.78, 5) is 24.9. The van der Waals surface area contributed by atoms with Crippen molar-refractivity contribution in [3.63, 3.8) is 0 Å². The maximum absolute atomic E-state index is 12.5. The van der Waals surface area contributed by atoms with Gasteiger partial charge in [-0.25, -0.2) is 10.2 Å². The highest BCUT2D eigenvalue weighted by Gasteiger charge is 2.33. The van der Waals surface area contributed by atoms with Crippen LogP contribution < -0.4 is 16.2 Å². The molecule has 1 heterocycles. The average Bonchev–Trinajstić information content (AvgIpc) is 3.49. The van der Waals surface area contributed by atoms with Gasteiger partial charge in [-0.2, -0.15) is 0 Å². The maximum atomic E-state index is 12.5. The Kier molecular flexibility index (Phi) is 4.96. The Morgan fingerprint density at radius 1 is 1.07 bits per heavy atom. The van der Waals surface area contributed by atoms with Crippen LogP contribution in [0.15, 0.2) is 54.7 Å². The van der Waals surface area contributed by atoms with Gasteiger partial charge in [0.05, 0.1) is 11.6 Å². The van der Waals surface area contributed by atoms with Crippen LogP contribution in [-0.4, -0.2) is 16.5 Å². The normalized spacial score (nSPS) is 14.5. The van der Waals surface area contributed by atoms with Crippen LogP contribution in [0.3, 0.4) is 0 Å². The van der Waals surface area contributed by atoms with Crippen LogP contribution in [0.4, 0.5) is 4.79 Å².